The van der Waals surface area contributed by atoms with Crippen LogP contribution < -0.4 is 11.1 Å². The summed E-state index contributed by atoms with van der Waals surface area (Å²) in [5, 5.41) is 23.4. The van der Waals surface area contributed by atoms with Crippen molar-refractivity contribution in [3.8, 4) is 0 Å². The first-order valence-electron chi connectivity index (χ1n) is 4.60. The summed E-state index contributed by atoms with van der Waals surface area (Å²) in [5.74, 6) is 0.274. The third kappa shape index (κ3) is 3.61. The molecule has 76 valence electrons. The molecule has 5 heteroatoms. The van der Waals surface area contributed by atoms with Crippen LogP contribution in [0.5, 0.6) is 0 Å². The van der Waals surface area contributed by atoms with Crippen molar-refractivity contribution >= 4 is 5.84 Å². The molecule has 5 N–H and O–H groups in total. The van der Waals surface area contributed by atoms with Crippen LogP contribution >= 0.6 is 0 Å². The molecule has 1 rings (SSSR count). The average Bonchev–Trinajstić information content (AvgIpc) is 2.08. The molecule has 0 aliphatic heterocycles. The van der Waals surface area contributed by atoms with Gasteiger partial charge in [0, 0.05) is 12.5 Å². The summed E-state index contributed by atoms with van der Waals surface area (Å²) in [4.78, 5) is 0. The minimum absolute atomic E-state index is 0.110. The van der Waals surface area contributed by atoms with E-state index in [2.05, 4.69) is 10.5 Å². The van der Waals surface area contributed by atoms with Gasteiger partial charge in [0.05, 0.1) is 6.10 Å². The minimum Gasteiger partial charge on any atom is -0.409 e. The van der Waals surface area contributed by atoms with Crippen molar-refractivity contribution in [1.29, 1.82) is 0 Å². The van der Waals surface area contributed by atoms with Crippen molar-refractivity contribution in [3.05, 3.63) is 0 Å². The second-order valence-electron chi connectivity index (χ2n) is 3.47. The van der Waals surface area contributed by atoms with Crippen LogP contribution in [0.25, 0.3) is 0 Å². The third-order valence-corrected chi connectivity index (χ3v) is 2.28. The van der Waals surface area contributed by atoms with Gasteiger partial charge >= 0.3 is 0 Å². The minimum atomic E-state index is -0.110. The van der Waals surface area contributed by atoms with Crippen LogP contribution in [0.4, 0.5) is 0 Å². The van der Waals surface area contributed by atoms with Gasteiger partial charge in [0.2, 0.25) is 0 Å². The van der Waals surface area contributed by atoms with Crippen LogP contribution in [-0.4, -0.2) is 34.8 Å². The van der Waals surface area contributed by atoms with Gasteiger partial charge in [-0.25, -0.2) is 0 Å². The fraction of sp³-hybridized carbons (Fsp3) is 0.875. The largest absolute Gasteiger partial charge is 0.409 e. The number of rotatable bonds is 5. The molecule has 0 saturated heterocycles. The zero-order chi connectivity index (χ0) is 9.68. The summed E-state index contributed by atoms with van der Waals surface area (Å²) < 4.78 is 0. The van der Waals surface area contributed by atoms with Crippen LogP contribution in [0.3, 0.4) is 0 Å². The first-order valence-corrected chi connectivity index (χ1v) is 4.60. The van der Waals surface area contributed by atoms with Crippen molar-refractivity contribution in [2.75, 3.05) is 6.54 Å². The van der Waals surface area contributed by atoms with Gasteiger partial charge in [0.15, 0.2) is 0 Å². The summed E-state index contributed by atoms with van der Waals surface area (Å²) in [6.07, 6.45) is 3.07. The summed E-state index contributed by atoms with van der Waals surface area (Å²) in [6.45, 7) is 0.855. The smallest absolute Gasteiger partial charge is 0.139 e. The number of hydrogen-bond acceptors (Lipinski definition) is 4. The molecule has 0 aromatic carbocycles. The summed E-state index contributed by atoms with van der Waals surface area (Å²) in [5.41, 5.74) is 5.29. The highest BCUT2D eigenvalue weighted by atomic mass is 16.4. The van der Waals surface area contributed by atoms with Gasteiger partial charge in [-0.3, -0.25) is 0 Å². The van der Waals surface area contributed by atoms with Gasteiger partial charge in [0.1, 0.15) is 5.84 Å². The van der Waals surface area contributed by atoms with E-state index in [-0.39, 0.29) is 11.9 Å². The molecule has 0 radical (unpaired) electrons. The Kier molecular flexibility index (Phi) is 3.98. The van der Waals surface area contributed by atoms with Crippen molar-refractivity contribution < 1.29 is 10.3 Å². The fourth-order valence-electron chi connectivity index (χ4n) is 1.38. The zero-order valence-electron chi connectivity index (χ0n) is 7.61. The van der Waals surface area contributed by atoms with Gasteiger partial charge in [-0.05, 0) is 25.8 Å². The predicted octanol–water partition coefficient (Wildman–Crippen LogP) is -0.374. The molecule has 0 bridgehead atoms. The zero-order valence-corrected chi connectivity index (χ0v) is 7.61. The van der Waals surface area contributed by atoms with E-state index in [9.17, 15) is 0 Å². The SMILES string of the molecule is NC(CCCNC1CC(O)C1)=NO. The molecule has 0 aromatic heterocycles. The van der Waals surface area contributed by atoms with Crippen molar-refractivity contribution in [2.24, 2.45) is 10.9 Å². The quantitative estimate of drug-likeness (QED) is 0.155. The van der Waals surface area contributed by atoms with Crippen LogP contribution in [0.2, 0.25) is 0 Å². The third-order valence-electron chi connectivity index (χ3n) is 2.28. The molecule has 0 amide bonds. The van der Waals surface area contributed by atoms with Crippen LogP contribution in [0.1, 0.15) is 25.7 Å². The standard InChI is InChI=1S/C8H17N3O2/c9-8(11-13)2-1-3-10-6-4-7(12)5-6/h6-7,10,12-13H,1-5H2,(H2,9,11). The first-order chi connectivity index (χ1) is 6.22. The highest BCUT2D eigenvalue weighted by Gasteiger charge is 2.25. The summed E-state index contributed by atoms with van der Waals surface area (Å²) in [7, 11) is 0. The molecule has 0 atom stereocenters. The molecular weight excluding hydrogens is 170 g/mol. The molecule has 1 aliphatic carbocycles. The second kappa shape index (κ2) is 5.04. The molecule has 0 unspecified atom stereocenters. The van der Waals surface area contributed by atoms with Crippen LogP contribution in [0.15, 0.2) is 5.16 Å². The lowest BCUT2D eigenvalue weighted by atomic mass is 9.89. The Morgan fingerprint density at radius 2 is 2.23 bits per heavy atom. The van der Waals surface area contributed by atoms with Crippen molar-refractivity contribution in [3.63, 3.8) is 0 Å². The fourth-order valence-corrected chi connectivity index (χ4v) is 1.38. The van der Waals surface area contributed by atoms with E-state index >= 15 is 0 Å². The van der Waals surface area contributed by atoms with E-state index in [0.717, 1.165) is 25.8 Å². The van der Waals surface area contributed by atoms with E-state index in [4.69, 9.17) is 16.0 Å². The summed E-state index contributed by atoms with van der Waals surface area (Å²) >= 11 is 0. The maximum absolute atomic E-state index is 8.99. The Balaban J connectivity index is 1.90. The molecule has 1 fully saturated rings. The monoisotopic (exact) mass is 187 g/mol. The van der Waals surface area contributed by atoms with E-state index in [1.807, 2.05) is 0 Å². The topological polar surface area (TPSA) is 90.9 Å². The highest BCUT2D eigenvalue weighted by molar-refractivity contribution is 5.79. The second-order valence-corrected chi connectivity index (χ2v) is 3.47. The Labute approximate surface area is 77.6 Å². The number of nitrogens with zero attached hydrogens (tertiary/aromatic N) is 1. The Hall–Kier alpha value is -0.810. The molecule has 13 heavy (non-hydrogen) atoms. The summed E-state index contributed by atoms with van der Waals surface area (Å²) in [6, 6.07) is 0.460. The Morgan fingerprint density at radius 3 is 2.77 bits per heavy atom. The van der Waals surface area contributed by atoms with Gasteiger partial charge < -0.3 is 21.4 Å². The number of aliphatic hydroxyl groups excluding tert-OH is 1. The van der Waals surface area contributed by atoms with Crippen LogP contribution in [0, 0.1) is 0 Å². The van der Waals surface area contributed by atoms with Gasteiger partial charge in [-0.1, -0.05) is 5.16 Å². The Morgan fingerprint density at radius 1 is 1.54 bits per heavy atom. The average molecular weight is 187 g/mol. The molecule has 0 heterocycles. The van der Waals surface area contributed by atoms with Gasteiger partial charge in [0.25, 0.3) is 0 Å². The number of aliphatic hydroxyl groups is 1. The van der Waals surface area contributed by atoms with E-state index in [1.165, 1.54) is 0 Å². The van der Waals surface area contributed by atoms with Crippen LogP contribution in [-0.2, 0) is 0 Å². The van der Waals surface area contributed by atoms with Gasteiger partial charge in [-0.15, -0.1) is 0 Å². The number of amidine groups is 1. The lowest BCUT2D eigenvalue weighted by Gasteiger charge is -2.32. The maximum Gasteiger partial charge on any atom is 0.139 e. The highest BCUT2D eigenvalue weighted by Crippen LogP contribution is 2.18. The Bertz CT molecular complexity index is 178. The first kappa shape index (κ1) is 10.3. The molecule has 5 nitrogen and oxygen atoms in total. The molecular formula is C8H17N3O2. The molecule has 1 aliphatic rings. The van der Waals surface area contributed by atoms with Crippen molar-refractivity contribution in [2.45, 2.75) is 37.8 Å². The maximum atomic E-state index is 8.99. The predicted molar refractivity (Wildman–Crippen MR) is 49.7 cm³/mol. The normalized spacial score (nSPS) is 28.5. The van der Waals surface area contributed by atoms with Gasteiger partial charge in [-0.2, -0.15) is 0 Å². The number of nitrogens with two attached hydrogens (primary N) is 1. The molecule has 1 saturated carbocycles. The number of nitrogens with one attached hydrogen (secondary N) is 1. The van der Waals surface area contributed by atoms with E-state index < -0.39 is 0 Å². The van der Waals surface area contributed by atoms with Crippen molar-refractivity contribution in [1.82, 2.24) is 5.32 Å². The number of oxime groups is 1. The van der Waals surface area contributed by atoms with E-state index in [1.54, 1.807) is 0 Å². The molecule has 0 aromatic rings. The van der Waals surface area contributed by atoms with E-state index in [0.29, 0.717) is 12.5 Å². The lowest BCUT2D eigenvalue weighted by molar-refractivity contribution is 0.0627. The number of hydrogen-bond donors (Lipinski definition) is 4. The molecule has 0 spiro atoms. The lowest BCUT2D eigenvalue weighted by Crippen LogP contribution is -2.44.